The van der Waals surface area contributed by atoms with E-state index in [2.05, 4.69) is 50.4 Å². The van der Waals surface area contributed by atoms with Gasteiger partial charge in [0.1, 0.15) is 5.75 Å². The summed E-state index contributed by atoms with van der Waals surface area (Å²) in [7, 11) is 0. The lowest BCUT2D eigenvalue weighted by molar-refractivity contribution is 0.0576. The molecule has 0 saturated heterocycles. The molecular weight excluding hydrogens is 456 g/mol. The van der Waals surface area contributed by atoms with Crippen molar-refractivity contribution in [2.75, 3.05) is 13.1 Å². The minimum absolute atomic E-state index is 0.0833. The molecule has 3 aromatic rings. The van der Waals surface area contributed by atoms with Crippen LogP contribution in [0.1, 0.15) is 60.7 Å². The number of nitrogens with one attached hydrogen (secondary N) is 1. The average Bonchev–Trinajstić information content (AvgIpc) is 2.83. The van der Waals surface area contributed by atoms with Crippen LogP contribution in [0.4, 0.5) is 0 Å². The van der Waals surface area contributed by atoms with Gasteiger partial charge in [-0.1, -0.05) is 66.2 Å². The van der Waals surface area contributed by atoms with Crippen molar-refractivity contribution < 1.29 is 9.90 Å². The van der Waals surface area contributed by atoms with Crippen LogP contribution in [0.5, 0.6) is 5.75 Å². The summed E-state index contributed by atoms with van der Waals surface area (Å²) in [6, 6.07) is 23.7. The fourth-order valence-corrected chi connectivity index (χ4v) is 4.38. The van der Waals surface area contributed by atoms with Gasteiger partial charge in [0.2, 0.25) is 0 Å². The standard InChI is InChI=1S/C30H37ClN2O2/c1-30(2,3)33(20-10-9-13-23-11-5-4-6-12-23)29(35)26-15-8-7-14-25(26)22-32-19-18-24-16-17-28(34)27(31)21-24/h4-8,11-12,14-17,21,32,34H,9-10,13,18-20,22H2,1-3H3. The fraction of sp³-hybridized carbons (Fsp3) is 0.367. The summed E-state index contributed by atoms with van der Waals surface area (Å²) in [5.41, 5.74) is 3.89. The number of amides is 1. The quantitative estimate of drug-likeness (QED) is 0.295. The van der Waals surface area contributed by atoms with Crippen molar-refractivity contribution >= 4 is 17.5 Å². The topological polar surface area (TPSA) is 52.6 Å². The Kier molecular flexibility index (Phi) is 9.76. The molecule has 0 fully saturated rings. The van der Waals surface area contributed by atoms with Gasteiger partial charge < -0.3 is 15.3 Å². The highest BCUT2D eigenvalue weighted by molar-refractivity contribution is 6.32. The second-order valence-corrected chi connectivity index (χ2v) is 10.3. The molecule has 0 aliphatic carbocycles. The van der Waals surface area contributed by atoms with Gasteiger partial charge in [0.15, 0.2) is 0 Å². The molecule has 3 aromatic carbocycles. The van der Waals surface area contributed by atoms with Gasteiger partial charge in [-0.25, -0.2) is 0 Å². The van der Waals surface area contributed by atoms with Crippen molar-refractivity contribution in [3.05, 3.63) is 100 Å². The fourth-order valence-electron chi connectivity index (χ4n) is 4.18. The van der Waals surface area contributed by atoms with Crippen LogP contribution in [-0.4, -0.2) is 34.5 Å². The maximum atomic E-state index is 13.7. The Bertz CT molecular complexity index is 1090. The third-order valence-electron chi connectivity index (χ3n) is 6.16. The summed E-state index contributed by atoms with van der Waals surface area (Å²) in [4.78, 5) is 15.7. The Morgan fingerprint density at radius 1 is 0.914 bits per heavy atom. The summed E-state index contributed by atoms with van der Waals surface area (Å²) in [6.45, 7) is 8.40. The van der Waals surface area contributed by atoms with Crippen molar-refractivity contribution in [2.45, 2.75) is 58.5 Å². The third kappa shape index (κ3) is 8.12. The molecule has 0 aliphatic heterocycles. The first kappa shape index (κ1) is 26.8. The van der Waals surface area contributed by atoms with Gasteiger partial charge in [-0.2, -0.15) is 0 Å². The number of benzene rings is 3. The van der Waals surface area contributed by atoms with E-state index in [-0.39, 0.29) is 17.2 Å². The molecule has 0 unspecified atom stereocenters. The van der Waals surface area contributed by atoms with Crippen LogP contribution in [0.2, 0.25) is 5.02 Å². The molecule has 4 nitrogen and oxygen atoms in total. The highest BCUT2D eigenvalue weighted by Crippen LogP contribution is 2.24. The number of unbranched alkanes of at least 4 members (excludes halogenated alkanes) is 1. The van der Waals surface area contributed by atoms with Gasteiger partial charge >= 0.3 is 0 Å². The summed E-state index contributed by atoms with van der Waals surface area (Å²) < 4.78 is 0. The zero-order chi connectivity index (χ0) is 25.3. The number of rotatable bonds is 11. The van der Waals surface area contributed by atoms with Crippen molar-refractivity contribution in [2.24, 2.45) is 0 Å². The molecule has 0 saturated carbocycles. The SMILES string of the molecule is CC(C)(C)N(CCCCc1ccccc1)C(=O)c1ccccc1CNCCc1ccc(O)c(Cl)c1. The first-order valence-corrected chi connectivity index (χ1v) is 12.8. The second kappa shape index (κ2) is 12.8. The van der Waals surface area contributed by atoms with Gasteiger partial charge in [-0.15, -0.1) is 0 Å². The first-order valence-electron chi connectivity index (χ1n) is 12.4. The van der Waals surface area contributed by atoms with Gasteiger partial charge in [0, 0.05) is 24.2 Å². The van der Waals surface area contributed by atoms with Crippen molar-refractivity contribution in [3.8, 4) is 5.75 Å². The Morgan fingerprint density at radius 2 is 1.63 bits per heavy atom. The number of halogens is 1. The number of hydrogen-bond donors (Lipinski definition) is 2. The van der Waals surface area contributed by atoms with E-state index >= 15 is 0 Å². The lowest BCUT2D eigenvalue weighted by atomic mass is 9.99. The number of hydrogen-bond acceptors (Lipinski definition) is 3. The number of aryl methyl sites for hydroxylation is 1. The number of phenols is 1. The molecule has 5 heteroatoms. The van der Waals surface area contributed by atoms with E-state index in [4.69, 9.17) is 11.6 Å². The molecule has 0 radical (unpaired) electrons. The van der Waals surface area contributed by atoms with Crippen molar-refractivity contribution in [1.82, 2.24) is 10.2 Å². The maximum Gasteiger partial charge on any atom is 0.254 e. The number of nitrogens with zero attached hydrogens (tertiary/aromatic N) is 1. The Morgan fingerprint density at radius 3 is 2.34 bits per heavy atom. The molecule has 3 rings (SSSR count). The van der Waals surface area contributed by atoms with Crippen LogP contribution in [0.3, 0.4) is 0 Å². The number of carbonyl (C=O) groups is 1. The van der Waals surface area contributed by atoms with E-state index in [0.29, 0.717) is 11.6 Å². The Hall–Kier alpha value is -2.82. The lowest BCUT2D eigenvalue weighted by Gasteiger charge is -2.36. The molecular formula is C30H37ClN2O2. The molecule has 0 aliphatic rings. The number of aromatic hydroxyl groups is 1. The van der Waals surface area contributed by atoms with Crippen molar-refractivity contribution in [1.29, 1.82) is 0 Å². The molecule has 0 bridgehead atoms. The Balaban J connectivity index is 1.58. The summed E-state index contributed by atoms with van der Waals surface area (Å²) >= 11 is 6.01. The zero-order valence-corrected chi connectivity index (χ0v) is 21.8. The molecule has 186 valence electrons. The van der Waals surface area contributed by atoms with Crippen LogP contribution in [0.15, 0.2) is 72.8 Å². The minimum Gasteiger partial charge on any atom is -0.506 e. The normalized spacial score (nSPS) is 11.4. The summed E-state index contributed by atoms with van der Waals surface area (Å²) in [5, 5.41) is 13.4. The van der Waals surface area contributed by atoms with Crippen LogP contribution in [0.25, 0.3) is 0 Å². The van der Waals surface area contributed by atoms with Crippen molar-refractivity contribution in [3.63, 3.8) is 0 Å². The smallest absolute Gasteiger partial charge is 0.254 e. The number of phenolic OH excluding ortho intramolecular Hbond substituents is 1. The molecule has 0 heterocycles. The van der Waals surface area contributed by atoms with Gasteiger partial charge in [0.05, 0.1) is 5.02 Å². The van der Waals surface area contributed by atoms with Crippen LogP contribution < -0.4 is 5.32 Å². The van der Waals surface area contributed by atoms with E-state index in [9.17, 15) is 9.90 Å². The maximum absolute atomic E-state index is 13.7. The average molecular weight is 493 g/mol. The van der Waals surface area contributed by atoms with Gasteiger partial charge in [-0.05, 0) is 87.9 Å². The Labute approximate surface area is 214 Å². The monoisotopic (exact) mass is 492 g/mol. The minimum atomic E-state index is -0.261. The largest absolute Gasteiger partial charge is 0.506 e. The van der Waals surface area contributed by atoms with Crippen LogP contribution >= 0.6 is 11.6 Å². The predicted molar refractivity (Wildman–Crippen MR) is 145 cm³/mol. The lowest BCUT2D eigenvalue weighted by Crippen LogP contribution is -2.46. The molecule has 0 atom stereocenters. The van der Waals surface area contributed by atoms with Crippen LogP contribution in [0, 0.1) is 0 Å². The predicted octanol–water partition coefficient (Wildman–Crippen LogP) is 6.64. The van der Waals surface area contributed by atoms with E-state index in [1.54, 1.807) is 12.1 Å². The van der Waals surface area contributed by atoms with Gasteiger partial charge in [-0.3, -0.25) is 4.79 Å². The number of carbonyl (C=O) groups excluding carboxylic acids is 1. The molecule has 1 amide bonds. The molecule has 35 heavy (non-hydrogen) atoms. The highest BCUT2D eigenvalue weighted by atomic mass is 35.5. The summed E-state index contributed by atoms with van der Waals surface area (Å²) in [6.07, 6.45) is 3.83. The zero-order valence-electron chi connectivity index (χ0n) is 21.1. The van der Waals surface area contributed by atoms with E-state index < -0.39 is 0 Å². The van der Waals surface area contributed by atoms with Crippen LogP contribution in [-0.2, 0) is 19.4 Å². The second-order valence-electron chi connectivity index (χ2n) is 9.94. The highest BCUT2D eigenvalue weighted by Gasteiger charge is 2.28. The molecule has 0 aromatic heterocycles. The van der Waals surface area contributed by atoms with E-state index in [1.165, 1.54) is 5.56 Å². The first-order chi connectivity index (χ1) is 16.8. The van der Waals surface area contributed by atoms with Gasteiger partial charge in [0.25, 0.3) is 5.91 Å². The molecule has 2 N–H and O–H groups in total. The van der Waals surface area contributed by atoms with E-state index in [1.807, 2.05) is 41.3 Å². The summed E-state index contributed by atoms with van der Waals surface area (Å²) in [5.74, 6) is 0.180. The third-order valence-corrected chi connectivity index (χ3v) is 6.46. The molecule has 0 spiro atoms. The van der Waals surface area contributed by atoms with E-state index in [0.717, 1.165) is 55.5 Å².